The molecule has 0 bridgehead atoms. The van der Waals surface area contributed by atoms with Gasteiger partial charge in [-0.05, 0) is 42.9 Å². The number of amides is 3. The van der Waals surface area contributed by atoms with Gasteiger partial charge in [0, 0.05) is 38.6 Å². The van der Waals surface area contributed by atoms with Crippen molar-refractivity contribution in [1.82, 2.24) is 24.9 Å². The van der Waals surface area contributed by atoms with Crippen LogP contribution in [-0.2, 0) is 17.3 Å². The zero-order valence-corrected chi connectivity index (χ0v) is 19.9. The average molecular weight is 456 g/mol. The molecule has 2 saturated heterocycles. The average Bonchev–Trinajstić information content (AvgIpc) is 3.52. The van der Waals surface area contributed by atoms with E-state index in [1.165, 1.54) is 6.26 Å². The molecule has 178 valence electrons. The normalized spacial score (nSPS) is 18.1. The lowest BCUT2D eigenvalue weighted by Crippen LogP contribution is -2.47. The van der Waals surface area contributed by atoms with E-state index >= 15 is 0 Å². The standard InChI is InChI=1S/C24H33N5O4/c1-23(2,3)19-14-17(27(4)26-19)22(32)29-12-9-24(16-29)7-10-28(11-8-24)20(30)15-25-21(31)18-6-5-13-33-18/h5-6,13-14H,7-12,15-16H2,1-4H3,(H,25,31). The number of aromatic nitrogens is 2. The number of aryl methyl sites for hydroxylation is 1. The first-order chi connectivity index (χ1) is 15.6. The highest BCUT2D eigenvalue weighted by molar-refractivity contribution is 5.94. The highest BCUT2D eigenvalue weighted by atomic mass is 16.3. The minimum atomic E-state index is -0.392. The molecule has 33 heavy (non-hydrogen) atoms. The first kappa shape index (κ1) is 23.1. The summed E-state index contributed by atoms with van der Waals surface area (Å²) in [6, 6.07) is 5.10. The minimum absolute atomic E-state index is 0.0246. The van der Waals surface area contributed by atoms with Crippen LogP contribution in [-0.4, -0.2) is 70.0 Å². The molecule has 4 rings (SSSR count). The van der Waals surface area contributed by atoms with Gasteiger partial charge in [-0.1, -0.05) is 20.8 Å². The first-order valence-corrected chi connectivity index (χ1v) is 11.5. The van der Waals surface area contributed by atoms with Crippen LogP contribution in [0.1, 0.15) is 66.8 Å². The zero-order chi connectivity index (χ0) is 23.8. The maximum atomic E-state index is 13.2. The molecular weight excluding hydrogens is 422 g/mol. The zero-order valence-electron chi connectivity index (χ0n) is 19.9. The van der Waals surface area contributed by atoms with Crippen molar-refractivity contribution in [2.24, 2.45) is 12.5 Å². The van der Waals surface area contributed by atoms with Gasteiger partial charge >= 0.3 is 0 Å². The Labute approximate surface area is 194 Å². The van der Waals surface area contributed by atoms with E-state index in [-0.39, 0.29) is 34.9 Å². The number of rotatable bonds is 4. The van der Waals surface area contributed by atoms with Crippen molar-refractivity contribution >= 4 is 17.7 Å². The quantitative estimate of drug-likeness (QED) is 0.762. The number of piperidine rings is 1. The van der Waals surface area contributed by atoms with Crippen LogP contribution in [0.3, 0.4) is 0 Å². The summed E-state index contributed by atoms with van der Waals surface area (Å²) in [6.07, 6.45) is 4.08. The van der Waals surface area contributed by atoms with Crippen LogP contribution in [0.4, 0.5) is 0 Å². The third-order valence-electron chi connectivity index (χ3n) is 6.91. The predicted molar refractivity (Wildman–Crippen MR) is 122 cm³/mol. The number of carbonyl (C=O) groups is 3. The lowest BCUT2D eigenvalue weighted by Gasteiger charge is -2.39. The summed E-state index contributed by atoms with van der Waals surface area (Å²) in [6.45, 7) is 8.92. The first-order valence-electron chi connectivity index (χ1n) is 11.5. The summed E-state index contributed by atoms with van der Waals surface area (Å²) < 4.78 is 6.74. The maximum absolute atomic E-state index is 13.2. The Morgan fingerprint density at radius 2 is 1.79 bits per heavy atom. The van der Waals surface area contributed by atoms with E-state index in [9.17, 15) is 14.4 Å². The summed E-state index contributed by atoms with van der Waals surface area (Å²) in [5, 5.41) is 7.16. The third kappa shape index (κ3) is 4.82. The van der Waals surface area contributed by atoms with Crippen molar-refractivity contribution in [2.45, 2.75) is 45.4 Å². The van der Waals surface area contributed by atoms with E-state index < -0.39 is 5.91 Å². The number of furan rings is 1. The molecule has 9 heteroatoms. The predicted octanol–water partition coefficient (Wildman–Crippen LogP) is 2.20. The monoisotopic (exact) mass is 455 g/mol. The number of nitrogens with one attached hydrogen (secondary N) is 1. The Balaban J connectivity index is 1.30. The van der Waals surface area contributed by atoms with Gasteiger partial charge in [-0.3, -0.25) is 19.1 Å². The van der Waals surface area contributed by atoms with Crippen molar-refractivity contribution < 1.29 is 18.8 Å². The lowest BCUT2D eigenvalue weighted by molar-refractivity contribution is -0.132. The Bertz CT molecular complexity index is 1030. The van der Waals surface area contributed by atoms with Gasteiger partial charge in [-0.2, -0.15) is 5.10 Å². The van der Waals surface area contributed by atoms with E-state index in [4.69, 9.17) is 4.42 Å². The van der Waals surface area contributed by atoms with Crippen molar-refractivity contribution in [3.05, 3.63) is 41.6 Å². The molecule has 1 spiro atoms. The van der Waals surface area contributed by atoms with Crippen LogP contribution in [0.15, 0.2) is 28.9 Å². The van der Waals surface area contributed by atoms with E-state index in [2.05, 4.69) is 31.2 Å². The van der Waals surface area contributed by atoms with Crippen molar-refractivity contribution in [2.75, 3.05) is 32.7 Å². The Kier molecular flexibility index (Phi) is 6.07. The molecule has 0 saturated carbocycles. The van der Waals surface area contributed by atoms with Crippen LogP contribution in [0.5, 0.6) is 0 Å². The largest absolute Gasteiger partial charge is 0.459 e. The van der Waals surface area contributed by atoms with Crippen molar-refractivity contribution in [3.63, 3.8) is 0 Å². The number of likely N-dealkylation sites (tertiary alicyclic amines) is 2. The molecule has 2 aromatic rings. The highest BCUT2D eigenvalue weighted by Gasteiger charge is 2.43. The molecule has 0 atom stereocenters. The van der Waals surface area contributed by atoms with Crippen molar-refractivity contribution in [3.8, 4) is 0 Å². The van der Waals surface area contributed by atoms with E-state index in [1.54, 1.807) is 21.7 Å². The minimum Gasteiger partial charge on any atom is -0.459 e. The fraction of sp³-hybridized carbons (Fsp3) is 0.583. The molecule has 1 N–H and O–H groups in total. The van der Waals surface area contributed by atoms with Crippen LogP contribution < -0.4 is 5.32 Å². The van der Waals surface area contributed by atoms with Gasteiger partial charge in [0.25, 0.3) is 11.8 Å². The fourth-order valence-electron chi connectivity index (χ4n) is 4.71. The van der Waals surface area contributed by atoms with E-state index in [0.717, 1.165) is 31.5 Å². The number of carbonyl (C=O) groups excluding carboxylic acids is 3. The summed E-state index contributed by atoms with van der Waals surface area (Å²) >= 11 is 0. The summed E-state index contributed by atoms with van der Waals surface area (Å²) in [4.78, 5) is 41.5. The molecule has 0 aromatic carbocycles. The van der Waals surface area contributed by atoms with Gasteiger partial charge in [0.1, 0.15) is 5.69 Å². The van der Waals surface area contributed by atoms with Gasteiger partial charge in [-0.15, -0.1) is 0 Å². The second-order valence-electron chi connectivity index (χ2n) is 10.3. The molecule has 4 heterocycles. The number of nitrogens with zero attached hydrogens (tertiary/aromatic N) is 4. The molecule has 0 aliphatic carbocycles. The highest BCUT2D eigenvalue weighted by Crippen LogP contribution is 2.41. The third-order valence-corrected chi connectivity index (χ3v) is 6.91. The summed E-state index contributed by atoms with van der Waals surface area (Å²) in [5.41, 5.74) is 1.47. The molecule has 2 aromatic heterocycles. The van der Waals surface area contributed by atoms with Gasteiger partial charge in [0.05, 0.1) is 18.5 Å². The van der Waals surface area contributed by atoms with Crippen LogP contribution in [0, 0.1) is 5.41 Å². The molecule has 0 unspecified atom stereocenters. The molecule has 2 aliphatic heterocycles. The topological polar surface area (TPSA) is 101 Å². The molecule has 2 fully saturated rings. The molecular formula is C24H33N5O4. The smallest absolute Gasteiger partial charge is 0.287 e. The van der Waals surface area contributed by atoms with Gasteiger partial charge in [-0.25, -0.2) is 0 Å². The lowest BCUT2D eigenvalue weighted by atomic mass is 9.78. The second-order valence-corrected chi connectivity index (χ2v) is 10.3. The fourth-order valence-corrected chi connectivity index (χ4v) is 4.71. The summed E-state index contributed by atoms with van der Waals surface area (Å²) in [5.74, 6) is -0.271. The van der Waals surface area contributed by atoms with Gasteiger partial charge in [0.2, 0.25) is 5.91 Å². The van der Waals surface area contributed by atoms with Crippen LogP contribution >= 0.6 is 0 Å². The van der Waals surface area contributed by atoms with Crippen LogP contribution in [0.25, 0.3) is 0 Å². The van der Waals surface area contributed by atoms with E-state index in [0.29, 0.717) is 25.3 Å². The van der Waals surface area contributed by atoms with E-state index in [1.807, 2.05) is 18.0 Å². The SMILES string of the molecule is Cn1nc(C(C)(C)C)cc1C(=O)N1CCC2(CCN(C(=O)CNC(=O)c3ccco3)CC2)C1. The Hall–Kier alpha value is -3.10. The molecule has 9 nitrogen and oxygen atoms in total. The Morgan fingerprint density at radius 3 is 2.36 bits per heavy atom. The molecule has 0 radical (unpaired) electrons. The maximum Gasteiger partial charge on any atom is 0.287 e. The molecule has 3 amide bonds. The van der Waals surface area contributed by atoms with Crippen molar-refractivity contribution in [1.29, 1.82) is 0 Å². The number of hydrogen-bond donors (Lipinski definition) is 1. The molecule has 2 aliphatic rings. The summed E-state index contributed by atoms with van der Waals surface area (Å²) in [7, 11) is 1.82. The van der Waals surface area contributed by atoms with Gasteiger partial charge < -0.3 is 19.5 Å². The number of hydrogen-bond acceptors (Lipinski definition) is 5. The van der Waals surface area contributed by atoms with Crippen LogP contribution in [0.2, 0.25) is 0 Å². The second kappa shape index (κ2) is 8.68. The van der Waals surface area contributed by atoms with Gasteiger partial charge in [0.15, 0.2) is 5.76 Å². The Morgan fingerprint density at radius 1 is 1.12 bits per heavy atom.